The van der Waals surface area contributed by atoms with Gasteiger partial charge < -0.3 is 14.9 Å². The van der Waals surface area contributed by atoms with Gasteiger partial charge in [0.25, 0.3) is 0 Å². The molecule has 18 heavy (non-hydrogen) atoms. The van der Waals surface area contributed by atoms with Crippen molar-refractivity contribution >= 4 is 17.3 Å². The molecule has 2 heterocycles. The summed E-state index contributed by atoms with van der Waals surface area (Å²) in [6.07, 6.45) is 0.476. The number of rotatable bonds is 4. The fourth-order valence-corrected chi connectivity index (χ4v) is 2.43. The number of pyridine rings is 1. The Hall–Kier alpha value is -1.92. The van der Waals surface area contributed by atoms with Gasteiger partial charge in [0.2, 0.25) is 5.88 Å². The van der Waals surface area contributed by atoms with Crippen LogP contribution in [0.15, 0.2) is 29.8 Å². The van der Waals surface area contributed by atoms with Gasteiger partial charge in [-0.15, -0.1) is 11.3 Å². The SMILES string of the molecule is COc1ccc(C(O)c2sccc2C(=O)O)cn1. The van der Waals surface area contributed by atoms with Gasteiger partial charge in [-0.1, -0.05) is 0 Å². The third-order valence-electron chi connectivity index (χ3n) is 2.46. The first-order chi connectivity index (χ1) is 8.63. The average Bonchev–Trinajstić information content (AvgIpc) is 2.87. The van der Waals surface area contributed by atoms with Crippen molar-refractivity contribution in [3.05, 3.63) is 45.8 Å². The van der Waals surface area contributed by atoms with Crippen LogP contribution in [0.1, 0.15) is 26.9 Å². The predicted molar refractivity (Wildman–Crippen MR) is 66.1 cm³/mol. The van der Waals surface area contributed by atoms with Crippen molar-refractivity contribution in [1.82, 2.24) is 4.98 Å². The lowest BCUT2D eigenvalue weighted by Crippen LogP contribution is -2.05. The molecule has 0 amide bonds. The molecule has 0 aliphatic rings. The van der Waals surface area contributed by atoms with Gasteiger partial charge in [0.1, 0.15) is 6.10 Å². The third kappa shape index (κ3) is 2.34. The Morgan fingerprint density at radius 2 is 2.22 bits per heavy atom. The molecule has 2 rings (SSSR count). The molecule has 0 aliphatic carbocycles. The molecule has 1 atom stereocenters. The topological polar surface area (TPSA) is 79.7 Å². The van der Waals surface area contributed by atoms with Crippen LogP contribution in [0.5, 0.6) is 5.88 Å². The fourth-order valence-electron chi connectivity index (χ4n) is 1.54. The Morgan fingerprint density at radius 1 is 1.44 bits per heavy atom. The monoisotopic (exact) mass is 265 g/mol. The van der Waals surface area contributed by atoms with Crippen molar-refractivity contribution < 1.29 is 19.7 Å². The molecular formula is C12H11NO4S. The van der Waals surface area contributed by atoms with Crippen LogP contribution < -0.4 is 4.74 Å². The summed E-state index contributed by atoms with van der Waals surface area (Å²) >= 11 is 1.20. The second-order valence-electron chi connectivity index (χ2n) is 3.54. The number of carboxylic acids is 1. The van der Waals surface area contributed by atoms with Gasteiger partial charge in [-0.3, -0.25) is 0 Å². The first-order valence-corrected chi connectivity index (χ1v) is 6.00. The van der Waals surface area contributed by atoms with E-state index in [2.05, 4.69) is 4.98 Å². The van der Waals surface area contributed by atoms with Crippen LogP contribution in [0.2, 0.25) is 0 Å². The first kappa shape index (κ1) is 12.5. The summed E-state index contributed by atoms with van der Waals surface area (Å²) < 4.78 is 4.92. The minimum absolute atomic E-state index is 0.114. The molecule has 0 aliphatic heterocycles. The van der Waals surface area contributed by atoms with Crippen molar-refractivity contribution in [2.45, 2.75) is 6.10 Å². The molecule has 0 saturated heterocycles. The van der Waals surface area contributed by atoms with Crippen LogP contribution in [0, 0.1) is 0 Å². The van der Waals surface area contributed by atoms with E-state index in [1.54, 1.807) is 17.5 Å². The lowest BCUT2D eigenvalue weighted by atomic mass is 10.1. The van der Waals surface area contributed by atoms with Gasteiger partial charge in [-0.05, 0) is 17.5 Å². The normalized spacial score (nSPS) is 12.1. The summed E-state index contributed by atoms with van der Waals surface area (Å²) in [6.45, 7) is 0. The molecule has 0 fully saturated rings. The zero-order valence-electron chi connectivity index (χ0n) is 9.53. The summed E-state index contributed by atoms with van der Waals surface area (Å²) in [7, 11) is 1.50. The van der Waals surface area contributed by atoms with E-state index < -0.39 is 12.1 Å². The number of thiophene rings is 1. The predicted octanol–water partition coefficient (Wildman–Crippen LogP) is 1.93. The highest BCUT2D eigenvalue weighted by Crippen LogP contribution is 2.29. The molecule has 0 spiro atoms. The van der Waals surface area contributed by atoms with E-state index in [4.69, 9.17) is 9.84 Å². The zero-order chi connectivity index (χ0) is 13.1. The van der Waals surface area contributed by atoms with E-state index in [1.807, 2.05) is 0 Å². The van der Waals surface area contributed by atoms with E-state index in [9.17, 15) is 9.90 Å². The quantitative estimate of drug-likeness (QED) is 0.883. The highest BCUT2D eigenvalue weighted by atomic mass is 32.1. The number of hydrogen-bond acceptors (Lipinski definition) is 5. The van der Waals surface area contributed by atoms with E-state index in [1.165, 1.54) is 30.7 Å². The average molecular weight is 265 g/mol. The lowest BCUT2D eigenvalue weighted by molar-refractivity contribution is 0.0692. The maximum Gasteiger partial charge on any atom is 0.336 e. The summed E-state index contributed by atoms with van der Waals surface area (Å²) in [5.74, 6) is -0.609. The van der Waals surface area contributed by atoms with Crippen LogP contribution in [0.3, 0.4) is 0 Å². The Kier molecular flexibility index (Phi) is 3.59. The largest absolute Gasteiger partial charge is 0.481 e. The Morgan fingerprint density at radius 3 is 2.78 bits per heavy atom. The third-order valence-corrected chi connectivity index (χ3v) is 3.43. The minimum atomic E-state index is -1.05. The van der Waals surface area contributed by atoms with Gasteiger partial charge in [-0.2, -0.15) is 0 Å². The molecule has 2 N–H and O–H groups in total. The van der Waals surface area contributed by atoms with Crippen molar-refractivity contribution in [3.63, 3.8) is 0 Å². The van der Waals surface area contributed by atoms with Gasteiger partial charge in [0.05, 0.1) is 17.6 Å². The highest BCUT2D eigenvalue weighted by molar-refractivity contribution is 7.10. The number of carboxylic acid groups (broad SMARTS) is 1. The fraction of sp³-hybridized carbons (Fsp3) is 0.167. The van der Waals surface area contributed by atoms with E-state index in [-0.39, 0.29) is 5.56 Å². The molecule has 2 aromatic heterocycles. The van der Waals surface area contributed by atoms with Gasteiger partial charge in [-0.25, -0.2) is 9.78 Å². The van der Waals surface area contributed by atoms with E-state index in [0.717, 1.165) is 0 Å². The summed E-state index contributed by atoms with van der Waals surface area (Å²) in [6, 6.07) is 4.75. The zero-order valence-corrected chi connectivity index (χ0v) is 10.3. The number of aliphatic hydroxyl groups excluding tert-OH is 1. The smallest absolute Gasteiger partial charge is 0.336 e. The van der Waals surface area contributed by atoms with Crippen molar-refractivity contribution in [3.8, 4) is 5.88 Å². The standard InChI is InChI=1S/C12H11NO4S/c1-17-9-3-2-7(6-13-9)10(14)11-8(12(15)16)4-5-18-11/h2-6,10,14H,1H3,(H,15,16). The number of aromatic nitrogens is 1. The number of aliphatic hydroxyl groups is 1. The first-order valence-electron chi connectivity index (χ1n) is 5.12. The second kappa shape index (κ2) is 5.16. The van der Waals surface area contributed by atoms with E-state index >= 15 is 0 Å². The van der Waals surface area contributed by atoms with Crippen molar-refractivity contribution in [2.75, 3.05) is 7.11 Å². The minimum Gasteiger partial charge on any atom is -0.481 e. The van der Waals surface area contributed by atoms with Gasteiger partial charge >= 0.3 is 5.97 Å². The van der Waals surface area contributed by atoms with Crippen LogP contribution >= 0.6 is 11.3 Å². The lowest BCUT2D eigenvalue weighted by Gasteiger charge is -2.10. The van der Waals surface area contributed by atoms with Crippen LogP contribution in [0.4, 0.5) is 0 Å². The number of carbonyl (C=O) groups is 1. The number of aromatic carboxylic acids is 1. The second-order valence-corrected chi connectivity index (χ2v) is 4.49. The Bertz CT molecular complexity index is 549. The molecule has 2 aromatic rings. The number of methoxy groups -OCH3 is 1. The number of ether oxygens (including phenoxy) is 1. The number of nitrogens with zero attached hydrogens (tertiary/aromatic N) is 1. The van der Waals surface area contributed by atoms with Crippen molar-refractivity contribution in [2.24, 2.45) is 0 Å². The number of hydrogen-bond donors (Lipinski definition) is 2. The summed E-state index contributed by atoms with van der Waals surface area (Å²) in [5.41, 5.74) is 0.643. The molecule has 0 bridgehead atoms. The molecular weight excluding hydrogens is 254 g/mol. The highest BCUT2D eigenvalue weighted by Gasteiger charge is 2.20. The maximum absolute atomic E-state index is 11.0. The van der Waals surface area contributed by atoms with E-state index in [0.29, 0.717) is 16.3 Å². The van der Waals surface area contributed by atoms with Gasteiger partial charge in [0.15, 0.2) is 0 Å². The van der Waals surface area contributed by atoms with Crippen LogP contribution in [0.25, 0.3) is 0 Å². The Balaban J connectivity index is 2.32. The molecule has 0 aromatic carbocycles. The molecule has 94 valence electrons. The summed E-state index contributed by atoms with van der Waals surface area (Å²) in [4.78, 5) is 15.4. The molecule has 5 nitrogen and oxygen atoms in total. The van der Waals surface area contributed by atoms with Gasteiger partial charge in [0, 0.05) is 17.8 Å². The summed E-state index contributed by atoms with van der Waals surface area (Å²) in [5, 5.41) is 20.8. The molecule has 0 saturated carbocycles. The molecule has 1 unspecified atom stereocenters. The van der Waals surface area contributed by atoms with Crippen LogP contribution in [-0.2, 0) is 0 Å². The van der Waals surface area contributed by atoms with Crippen molar-refractivity contribution in [1.29, 1.82) is 0 Å². The molecule has 6 heteroatoms. The molecule has 0 radical (unpaired) electrons. The maximum atomic E-state index is 11.0. The Labute approximate surface area is 107 Å². The van der Waals surface area contributed by atoms with Crippen LogP contribution in [-0.4, -0.2) is 28.3 Å².